The van der Waals surface area contributed by atoms with E-state index in [-0.39, 0.29) is 17.7 Å². The molecular weight excluding hydrogens is 408 g/mol. The number of carbonyl (C=O) groups is 2. The molecule has 0 saturated carbocycles. The van der Waals surface area contributed by atoms with Gasteiger partial charge in [-0.15, -0.1) is 0 Å². The molecule has 0 aliphatic carbocycles. The van der Waals surface area contributed by atoms with Crippen LogP contribution in [0, 0.1) is 0 Å². The lowest BCUT2D eigenvalue weighted by Gasteiger charge is -2.34. The maximum absolute atomic E-state index is 12.9. The van der Waals surface area contributed by atoms with Crippen molar-refractivity contribution in [1.29, 1.82) is 0 Å². The predicted octanol–water partition coefficient (Wildman–Crippen LogP) is 3.50. The molecule has 1 aromatic heterocycles. The van der Waals surface area contributed by atoms with E-state index in [2.05, 4.69) is 9.97 Å². The number of ether oxygens (including phenoxy) is 1. The van der Waals surface area contributed by atoms with Crippen LogP contribution in [-0.2, 0) is 4.74 Å². The monoisotopic (exact) mass is 428 g/mol. The number of nitrogens with zero attached hydrogens (tertiary/aromatic N) is 3. The van der Waals surface area contributed by atoms with Crippen LogP contribution >= 0.6 is 11.6 Å². The van der Waals surface area contributed by atoms with E-state index in [0.29, 0.717) is 65.8 Å². The molecule has 1 fully saturated rings. The van der Waals surface area contributed by atoms with Crippen LogP contribution in [0.1, 0.15) is 17.3 Å². The highest BCUT2D eigenvalue weighted by Crippen LogP contribution is 2.31. The quantitative estimate of drug-likeness (QED) is 0.665. The molecule has 0 unspecified atom stereocenters. The van der Waals surface area contributed by atoms with Crippen molar-refractivity contribution in [3.63, 3.8) is 0 Å². The lowest BCUT2D eigenvalue weighted by Crippen LogP contribution is -2.50. The molecule has 2 aromatic carbocycles. The first-order valence-corrected chi connectivity index (χ1v) is 10.0. The molecule has 8 nitrogen and oxygen atoms in total. The Morgan fingerprint density at radius 3 is 2.60 bits per heavy atom. The number of piperazine rings is 1. The van der Waals surface area contributed by atoms with Gasteiger partial charge in [0.1, 0.15) is 11.6 Å². The SMILES string of the molecule is CCOC(=O)N1CCN(C(=O)c2ccc3nc(-c4cc(Cl)ccc4O)[nH]c3c2)CC1. The summed E-state index contributed by atoms with van der Waals surface area (Å²) in [6.07, 6.45) is -0.347. The van der Waals surface area contributed by atoms with Gasteiger partial charge in [0, 0.05) is 36.8 Å². The zero-order valence-corrected chi connectivity index (χ0v) is 17.1. The molecule has 1 saturated heterocycles. The van der Waals surface area contributed by atoms with Crippen molar-refractivity contribution in [2.45, 2.75) is 6.92 Å². The Morgan fingerprint density at radius 2 is 1.87 bits per heavy atom. The van der Waals surface area contributed by atoms with Crippen molar-refractivity contribution in [1.82, 2.24) is 19.8 Å². The van der Waals surface area contributed by atoms with E-state index >= 15 is 0 Å². The molecule has 1 aliphatic rings. The number of nitrogens with one attached hydrogen (secondary N) is 1. The number of benzene rings is 2. The zero-order chi connectivity index (χ0) is 21.3. The Kier molecular flexibility index (Phi) is 5.50. The minimum Gasteiger partial charge on any atom is -0.507 e. The van der Waals surface area contributed by atoms with Crippen LogP contribution in [0.5, 0.6) is 5.75 Å². The summed E-state index contributed by atoms with van der Waals surface area (Å²) in [5.74, 6) is 0.425. The summed E-state index contributed by atoms with van der Waals surface area (Å²) in [6.45, 7) is 3.87. The van der Waals surface area contributed by atoms with Gasteiger partial charge < -0.3 is 24.6 Å². The van der Waals surface area contributed by atoms with Gasteiger partial charge in [-0.3, -0.25) is 4.79 Å². The van der Waals surface area contributed by atoms with E-state index in [4.69, 9.17) is 16.3 Å². The lowest BCUT2D eigenvalue weighted by molar-refractivity contribution is 0.0570. The molecule has 30 heavy (non-hydrogen) atoms. The van der Waals surface area contributed by atoms with Gasteiger partial charge in [-0.1, -0.05) is 11.6 Å². The predicted molar refractivity (Wildman–Crippen MR) is 113 cm³/mol. The number of phenolic OH excluding ortho intramolecular Hbond substituents is 1. The normalized spacial score (nSPS) is 14.2. The number of hydrogen-bond donors (Lipinski definition) is 2. The topological polar surface area (TPSA) is 98.8 Å². The van der Waals surface area contributed by atoms with Crippen LogP contribution in [0.25, 0.3) is 22.4 Å². The fourth-order valence-electron chi connectivity index (χ4n) is 3.46. The van der Waals surface area contributed by atoms with E-state index in [1.54, 1.807) is 47.1 Å². The number of imidazole rings is 1. The average Bonchev–Trinajstić information content (AvgIpc) is 3.18. The summed E-state index contributed by atoms with van der Waals surface area (Å²) >= 11 is 6.03. The summed E-state index contributed by atoms with van der Waals surface area (Å²) in [7, 11) is 0. The van der Waals surface area contributed by atoms with Crippen molar-refractivity contribution in [2.75, 3.05) is 32.8 Å². The zero-order valence-electron chi connectivity index (χ0n) is 16.4. The highest BCUT2D eigenvalue weighted by atomic mass is 35.5. The van der Waals surface area contributed by atoms with Crippen LogP contribution in [-0.4, -0.2) is 69.7 Å². The summed E-state index contributed by atoms with van der Waals surface area (Å²) in [5.41, 5.74) is 2.37. The van der Waals surface area contributed by atoms with Crippen molar-refractivity contribution in [3.8, 4) is 17.1 Å². The van der Waals surface area contributed by atoms with Crippen LogP contribution in [0.15, 0.2) is 36.4 Å². The summed E-state index contributed by atoms with van der Waals surface area (Å²) in [4.78, 5) is 35.7. The number of phenols is 1. The third kappa shape index (κ3) is 3.91. The number of H-pyrrole nitrogens is 1. The molecule has 2 N–H and O–H groups in total. The van der Waals surface area contributed by atoms with Gasteiger partial charge >= 0.3 is 6.09 Å². The van der Waals surface area contributed by atoms with Crippen LogP contribution in [0.4, 0.5) is 4.79 Å². The molecule has 9 heteroatoms. The van der Waals surface area contributed by atoms with E-state index in [0.717, 1.165) is 0 Å². The Balaban J connectivity index is 1.52. The van der Waals surface area contributed by atoms with E-state index in [1.165, 1.54) is 6.07 Å². The van der Waals surface area contributed by atoms with Gasteiger partial charge in [-0.2, -0.15) is 0 Å². The Labute approximate surface area is 178 Å². The second-order valence-corrected chi connectivity index (χ2v) is 7.39. The molecule has 0 atom stereocenters. The Morgan fingerprint density at radius 1 is 1.13 bits per heavy atom. The van der Waals surface area contributed by atoms with Crippen molar-refractivity contribution >= 4 is 34.6 Å². The minimum absolute atomic E-state index is 0.0641. The standard InChI is InChI=1S/C21H21ClN4O4/c1-2-30-21(29)26-9-7-25(8-10-26)20(28)13-3-5-16-17(11-13)24-19(23-16)15-12-14(22)4-6-18(15)27/h3-6,11-12,27H,2,7-10H2,1H3,(H,23,24). The van der Waals surface area contributed by atoms with E-state index < -0.39 is 0 Å². The number of aromatic hydroxyl groups is 1. The van der Waals surface area contributed by atoms with Crippen molar-refractivity contribution in [3.05, 3.63) is 47.0 Å². The molecular formula is C21H21ClN4O4. The number of fused-ring (bicyclic) bond motifs is 1. The molecule has 2 heterocycles. The number of hydrogen-bond acceptors (Lipinski definition) is 5. The van der Waals surface area contributed by atoms with Crippen molar-refractivity contribution < 1.29 is 19.4 Å². The van der Waals surface area contributed by atoms with Crippen LogP contribution in [0.2, 0.25) is 5.02 Å². The van der Waals surface area contributed by atoms with Gasteiger partial charge in [-0.05, 0) is 43.3 Å². The third-order valence-corrected chi connectivity index (χ3v) is 5.27. The highest BCUT2D eigenvalue weighted by Gasteiger charge is 2.25. The second kappa shape index (κ2) is 8.23. The average molecular weight is 429 g/mol. The van der Waals surface area contributed by atoms with Crippen molar-refractivity contribution in [2.24, 2.45) is 0 Å². The summed E-state index contributed by atoms with van der Waals surface area (Å²) < 4.78 is 5.01. The lowest BCUT2D eigenvalue weighted by atomic mass is 10.1. The minimum atomic E-state index is -0.347. The van der Waals surface area contributed by atoms with Gasteiger partial charge in [0.25, 0.3) is 5.91 Å². The third-order valence-electron chi connectivity index (χ3n) is 5.04. The molecule has 156 valence electrons. The number of halogens is 1. The van der Waals surface area contributed by atoms with Gasteiger partial charge in [0.2, 0.25) is 0 Å². The van der Waals surface area contributed by atoms with Gasteiger partial charge in [0.15, 0.2) is 0 Å². The van der Waals surface area contributed by atoms with E-state index in [9.17, 15) is 14.7 Å². The molecule has 0 spiro atoms. The summed E-state index contributed by atoms with van der Waals surface area (Å²) in [6, 6.07) is 9.97. The molecule has 3 aromatic rings. The molecule has 0 bridgehead atoms. The Bertz CT molecular complexity index is 1110. The van der Waals surface area contributed by atoms with E-state index in [1.807, 2.05) is 0 Å². The van der Waals surface area contributed by atoms with Crippen LogP contribution < -0.4 is 0 Å². The fraction of sp³-hybridized carbons (Fsp3) is 0.286. The largest absolute Gasteiger partial charge is 0.507 e. The first-order chi connectivity index (χ1) is 14.5. The maximum Gasteiger partial charge on any atom is 0.409 e. The number of carbonyl (C=O) groups excluding carboxylic acids is 2. The number of amides is 2. The number of aromatic nitrogens is 2. The Hall–Kier alpha value is -3.26. The molecule has 0 radical (unpaired) electrons. The number of rotatable bonds is 3. The first-order valence-electron chi connectivity index (χ1n) is 9.66. The molecule has 2 amide bonds. The van der Waals surface area contributed by atoms with Gasteiger partial charge in [-0.25, -0.2) is 9.78 Å². The maximum atomic E-state index is 12.9. The highest BCUT2D eigenvalue weighted by molar-refractivity contribution is 6.30. The number of aromatic amines is 1. The fourth-order valence-corrected chi connectivity index (χ4v) is 3.63. The van der Waals surface area contributed by atoms with Crippen LogP contribution in [0.3, 0.4) is 0 Å². The first kappa shape index (κ1) is 20.0. The second-order valence-electron chi connectivity index (χ2n) is 6.96. The smallest absolute Gasteiger partial charge is 0.409 e. The molecule has 1 aliphatic heterocycles. The molecule has 4 rings (SSSR count). The van der Waals surface area contributed by atoms with Gasteiger partial charge in [0.05, 0.1) is 23.2 Å². The summed E-state index contributed by atoms with van der Waals surface area (Å²) in [5, 5.41) is 10.6.